The second kappa shape index (κ2) is 7.25. The number of oxazole rings is 1. The topological polar surface area (TPSA) is 55.1 Å². The Hall–Kier alpha value is -3.02. The first kappa shape index (κ1) is 16.8. The summed E-state index contributed by atoms with van der Waals surface area (Å²) in [6.07, 6.45) is 1.97. The monoisotopic (exact) mass is 342 g/mol. The summed E-state index contributed by atoms with van der Waals surface area (Å²) < 4.78 is 31.7. The number of benzene rings is 2. The lowest BCUT2D eigenvalue weighted by molar-refractivity contribution is 0.0953. The van der Waals surface area contributed by atoms with Crippen LogP contribution in [0.15, 0.2) is 53.1 Å². The van der Waals surface area contributed by atoms with Gasteiger partial charge < -0.3 is 9.73 Å². The van der Waals surface area contributed by atoms with Crippen molar-refractivity contribution in [2.24, 2.45) is 0 Å². The third kappa shape index (κ3) is 4.29. The van der Waals surface area contributed by atoms with Crippen LogP contribution in [0.5, 0.6) is 0 Å². The Labute approximate surface area is 143 Å². The molecule has 25 heavy (non-hydrogen) atoms. The van der Waals surface area contributed by atoms with Gasteiger partial charge in [0, 0.05) is 30.2 Å². The predicted molar refractivity (Wildman–Crippen MR) is 89.1 cm³/mol. The smallest absolute Gasteiger partial charge is 0.251 e. The van der Waals surface area contributed by atoms with Crippen LogP contribution in [-0.2, 0) is 6.42 Å². The van der Waals surface area contributed by atoms with Crippen molar-refractivity contribution in [3.05, 3.63) is 77.2 Å². The molecule has 0 radical (unpaired) electrons. The molecule has 1 heterocycles. The van der Waals surface area contributed by atoms with Crippen LogP contribution in [0.1, 0.15) is 21.6 Å². The van der Waals surface area contributed by atoms with E-state index in [1.165, 1.54) is 6.26 Å². The molecule has 0 saturated heterocycles. The summed E-state index contributed by atoms with van der Waals surface area (Å²) >= 11 is 0. The van der Waals surface area contributed by atoms with Gasteiger partial charge in [-0.15, -0.1) is 0 Å². The number of aryl methyl sites for hydroxylation is 1. The van der Waals surface area contributed by atoms with Gasteiger partial charge >= 0.3 is 0 Å². The fraction of sp³-hybridized carbons (Fsp3) is 0.158. The minimum atomic E-state index is -0.788. The van der Waals surface area contributed by atoms with Crippen molar-refractivity contribution in [1.82, 2.24) is 10.3 Å². The van der Waals surface area contributed by atoms with E-state index in [9.17, 15) is 13.6 Å². The zero-order valence-corrected chi connectivity index (χ0v) is 13.6. The molecule has 1 N–H and O–H groups in total. The molecule has 2 aromatic carbocycles. The number of hydrogen-bond acceptors (Lipinski definition) is 3. The van der Waals surface area contributed by atoms with Gasteiger partial charge in [0.1, 0.15) is 17.9 Å². The first-order valence-corrected chi connectivity index (χ1v) is 7.77. The first-order chi connectivity index (χ1) is 12.0. The average Bonchev–Trinajstić information content (AvgIpc) is 3.03. The van der Waals surface area contributed by atoms with Crippen LogP contribution in [0.2, 0.25) is 0 Å². The minimum Gasteiger partial charge on any atom is -0.444 e. The molecule has 6 heteroatoms. The maximum Gasteiger partial charge on any atom is 0.251 e. The Bertz CT molecular complexity index is 868. The number of hydrogen-bond donors (Lipinski definition) is 1. The molecule has 0 spiro atoms. The van der Waals surface area contributed by atoms with Gasteiger partial charge in [-0.3, -0.25) is 4.79 Å². The van der Waals surface area contributed by atoms with Gasteiger partial charge in [-0.25, -0.2) is 13.8 Å². The summed E-state index contributed by atoms with van der Waals surface area (Å²) in [6, 6.07) is 10.5. The van der Waals surface area contributed by atoms with Gasteiger partial charge in [-0.05, 0) is 31.2 Å². The van der Waals surface area contributed by atoms with Gasteiger partial charge in [0.2, 0.25) is 5.89 Å². The fourth-order valence-corrected chi connectivity index (χ4v) is 2.34. The third-order valence-corrected chi connectivity index (χ3v) is 3.64. The highest BCUT2D eigenvalue weighted by molar-refractivity contribution is 5.94. The molecule has 0 aliphatic carbocycles. The first-order valence-electron chi connectivity index (χ1n) is 7.77. The molecule has 0 saturated carbocycles. The van der Waals surface area contributed by atoms with E-state index in [0.29, 0.717) is 18.0 Å². The molecule has 1 aromatic heterocycles. The molecule has 0 aliphatic heterocycles. The van der Waals surface area contributed by atoms with E-state index in [1.807, 2.05) is 31.2 Å². The maximum absolute atomic E-state index is 13.1. The Morgan fingerprint density at radius 1 is 1.12 bits per heavy atom. The van der Waals surface area contributed by atoms with Crippen molar-refractivity contribution in [2.75, 3.05) is 6.54 Å². The normalized spacial score (nSPS) is 10.7. The molecular weight excluding hydrogens is 326 g/mol. The molecule has 3 rings (SSSR count). The minimum absolute atomic E-state index is 0.0574. The van der Waals surface area contributed by atoms with E-state index in [1.54, 1.807) is 0 Å². The molecule has 1 amide bonds. The molecule has 0 aliphatic rings. The number of amides is 1. The second-order valence-corrected chi connectivity index (χ2v) is 5.67. The SMILES string of the molecule is Cc1ccc(-c2nc(CCNC(=O)c3cc(F)cc(F)c3)co2)cc1. The third-order valence-electron chi connectivity index (χ3n) is 3.64. The fourth-order valence-electron chi connectivity index (χ4n) is 2.34. The second-order valence-electron chi connectivity index (χ2n) is 5.67. The summed E-state index contributed by atoms with van der Waals surface area (Å²) in [4.78, 5) is 16.3. The number of nitrogens with one attached hydrogen (secondary N) is 1. The van der Waals surface area contributed by atoms with Crippen LogP contribution in [0.4, 0.5) is 8.78 Å². The number of rotatable bonds is 5. The molecule has 0 unspecified atom stereocenters. The number of carbonyl (C=O) groups is 1. The van der Waals surface area contributed by atoms with E-state index in [4.69, 9.17) is 4.42 Å². The maximum atomic E-state index is 13.1. The molecule has 0 bridgehead atoms. The van der Waals surface area contributed by atoms with Gasteiger partial charge in [-0.2, -0.15) is 0 Å². The van der Waals surface area contributed by atoms with Crippen LogP contribution in [0, 0.1) is 18.6 Å². The Kier molecular flexibility index (Phi) is 4.88. The standard InChI is InChI=1S/C19H16F2N2O2/c1-12-2-4-13(5-3-12)19-23-17(11-25-19)6-7-22-18(24)14-8-15(20)10-16(21)9-14/h2-5,8-11H,6-7H2,1H3,(H,22,24). The Morgan fingerprint density at radius 2 is 1.80 bits per heavy atom. The van der Waals surface area contributed by atoms with Crippen molar-refractivity contribution in [1.29, 1.82) is 0 Å². The van der Waals surface area contributed by atoms with Crippen LogP contribution in [0.3, 0.4) is 0 Å². The van der Waals surface area contributed by atoms with Crippen LogP contribution < -0.4 is 5.32 Å². The van der Waals surface area contributed by atoms with E-state index >= 15 is 0 Å². The largest absolute Gasteiger partial charge is 0.444 e. The predicted octanol–water partition coefficient (Wildman–Crippen LogP) is 3.90. The number of carbonyl (C=O) groups excluding carboxylic acids is 1. The highest BCUT2D eigenvalue weighted by atomic mass is 19.1. The van der Waals surface area contributed by atoms with Crippen molar-refractivity contribution < 1.29 is 18.0 Å². The summed E-state index contributed by atoms with van der Waals surface area (Å²) in [5.74, 6) is -1.61. The number of nitrogens with zero attached hydrogens (tertiary/aromatic N) is 1. The van der Waals surface area contributed by atoms with Crippen LogP contribution in [-0.4, -0.2) is 17.4 Å². The lowest BCUT2D eigenvalue weighted by Crippen LogP contribution is -2.26. The average molecular weight is 342 g/mol. The lowest BCUT2D eigenvalue weighted by Gasteiger charge is -2.04. The van der Waals surface area contributed by atoms with Crippen molar-refractivity contribution >= 4 is 5.91 Å². The van der Waals surface area contributed by atoms with E-state index in [2.05, 4.69) is 10.3 Å². The quantitative estimate of drug-likeness (QED) is 0.765. The molecule has 0 atom stereocenters. The number of aromatic nitrogens is 1. The summed E-state index contributed by atoms with van der Waals surface area (Å²) in [7, 11) is 0. The van der Waals surface area contributed by atoms with Crippen LogP contribution >= 0.6 is 0 Å². The van der Waals surface area contributed by atoms with Gasteiger partial charge in [0.25, 0.3) is 5.91 Å². The van der Waals surface area contributed by atoms with Crippen molar-refractivity contribution in [2.45, 2.75) is 13.3 Å². The highest BCUT2D eigenvalue weighted by Crippen LogP contribution is 2.19. The molecular formula is C19H16F2N2O2. The van der Waals surface area contributed by atoms with E-state index < -0.39 is 17.5 Å². The summed E-state index contributed by atoms with van der Waals surface area (Å²) in [5, 5.41) is 2.60. The molecule has 0 fully saturated rings. The summed E-state index contributed by atoms with van der Waals surface area (Å²) in [5.41, 5.74) is 2.64. The Balaban J connectivity index is 1.57. The van der Waals surface area contributed by atoms with Gasteiger partial charge in [0.15, 0.2) is 0 Å². The van der Waals surface area contributed by atoms with Gasteiger partial charge in [-0.1, -0.05) is 17.7 Å². The molecule has 3 aromatic rings. The zero-order chi connectivity index (χ0) is 17.8. The van der Waals surface area contributed by atoms with E-state index in [-0.39, 0.29) is 12.1 Å². The van der Waals surface area contributed by atoms with Crippen molar-refractivity contribution in [3.63, 3.8) is 0 Å². The van der Waals surface area contributed by atoms with E-state index in [0.717, 1.165) is 29.3 Å². The summed E-state index contributed by atoms with van der Waals surface area (Å²) in [6.45, 7) is 2.27. The zero-order valence-electron chi connectivity index (χ0n) is 13.6. The lowest BCUT2D eigenvalue weighted by atomic mass is 10.1. The number of halogens is 2. The molecule has 4 nitrogen and oxygen atoms in total. The molecule has 128 valence electrons. The van der Waals surface area contributed by atoms with Gasteiger partial charge in [0.05, 0.1) is 5.69 Å². The van der Waals surface area contributed by atoms with Crippen LogP contribution in [0.25, 0.3) is 11.5 Å². The van der Waals surface area contributed by atoms with Crippen molar-refractivity contribution in [3.8, 4) is 11.5 Å². The Morgan fingerprint density at radius 3 is 2.48 bits per heavy atom. The highest BCUT2D eigenvalue weighted by Gasteiger charge is 2.10.